The summed E-state index contributed by atoms with van der Waals surface area (Å²) in [7, 11) is 0. The van der Waals surface area contributed by atoms with Crippen LogP contribution in [0.25, 0.3) is 0 Å². The number of nitrogens with zero attached hydrogens (tertiary/aromatic N) is 3. The Hall–Kier alpha value is -2.77. The van der Waals surface area contributed by atoms with Crippen molar-refractivity contribution in [3.63, 3.8) is 0 Å². The van der Waals surface area contributed by atoms with Crippen LogP contribution in [0.5, 0.6) is 0 Å². The molecule has 0 aliphatic heterocycles. The van der Waals surface area contributed by atoms with E-state index < -0.39 is 5.91 Å². The fourth-order valence-corrected chi connectivity index (χ4v) is 1.38. The van der Waals surface area contributed by atoms with Crippen molar-refractivity contribution in [2.75, 3.05) is 17.2 Å². The van der Waals surface area contributed by atoms with Crippen molar-refractivity contribution in [3.8, 4) is 0 Å². The monoisotopic (exact) mass is 274 g/mol. The third kappa shape index (κ3) is 3.61. The van der Waals surface area contributed by atoms with Crippen LogP contribution in [0.15, 0.2) is 29.3 Å². The Morgan fingerprint density at radius 1 is 1.25 bits per heavy atom. The van der Waals surface area contributed by atoms with Crippen LogP contribution >= 0.6 is 0 Å². The van der Waals surface area contributed by atoms with Gasteiger partial charge in [-0.05, 0) is 12.5 Å². The maximum absolute atomic E-state index is 11.9. The molecular formula is C12H14N6O2. The third-order valence-corrected chi connectivity index (χ3v) is 2.36. The van der Waals surface area contributed by atoms with E-state index in [9.17, 15) is 9.59 Å². The number of rotatable bonds is 5. The van der Waals surface area contributed by atoms with Crippen molar-refractivity contribution in [2.45, 2.75) is 13.3 Å². The molecule has 3 N–H and O–H groups in total. The van der Waals surface area contributed by atoms with Gasteiger partial charge in [0.05, 0.1) is 12.4 Å². The summed E-state index contributed by atoms with van der Waals surface area (Å²) in [5, 5.41) is 11.5. The van der Waals surface area contributed by atoms with Crippen LogP contribution in [0.3, 0.4) is 0 Å². The van der Waals surface area contributed by atoms with Gasteiger partial charge in [0.2, 0.25) is 0 Å². The second-order valence-corrected chi connectivity index (χ2v) is 3.97. The molecule has 2 aromatic rings. The molecule has 0 aromatic carbocycles. The summed E-state index contributed by atoms with van der Waals surface area (Å²) in [5.74, 6) is 0.411. The first kappa shape index (κ1) is 13.7. The maximum atomic E-state index is 11.9. The molecule has 2 aromatic heterocycles. The summed E-state index contributed by atoms with van der Waals surface area (Å²) in [4.78, 5) is 30.8. The van der Waals surface area contributed by atoms with E-state index in [1.165, 1.54) is 24.5 Å². The van der Waals surface area contributed by atoms with Gasteiger partial charge in [0, 0.05) is 12.6 Å². The van der Waals surface area contributed by atoms with Crippen LogP contribution in [0.1, 0.15) is 23.8 Å². The van der Waals surface area contributed by atoms with E-state index in [0.29, 0.717) is 5.82 Å². The number of carbonyl (C=O) groups is 1. The lowest BCUT2D eigenvalue weighted by Gasteiger charge is -2.05. The van der Waals surface area contributed by atoms with Gasteiger partial charge in [-0.25, -0.2) is 15.1 Å². The molecule has 8 nitrogen and oxygen atoms in total. The average Bonchev–Trinajstić information content (AvgIpc) is 2.48. The first-order valence-corrected chi connectivity index (χ1v) is 6.12. The van der Waals surface area contributed by atoms with Gasteiger partial charge >= 0.3 is 0 Å². The van der Waals surface area contributed by atoms with Gasteiger partial charge in [0.1, 0.15) is 11.5 Å². The van der Waals surface area contributed by atoms with Crippen LogP contribution in [0, 0.1) is 0 Å². The number of nitrogens with one attached hydrogen (secondary N) is 3. The van der Waals surface area contributed by atoms with E-state index in [-0.39, 0.29) is 17.1 Å². The molecule has 2 heterocycles. The van der Waals surface area contributed by atoms with E-state index >= 15 is 0 Å². The molecule has 104 valence electrons. The fraction of sp³-hybridized carbons (Fsp3) is 0.250. The molecule has 0 saturated carbocycles. The number of anilines is 2. The number of amides is 1. The van der Waals surface area contributed by atoms with Crippen LogP contribution in [-0.2, 0) is 0 Å². The number of aromatic nitrogens is 4. The fourth-order valence-electron chi connectivity index (χ4n) is 1.38. The minimum Gasteiger partial charge on any atom is -0.369 e. The highest BCUT2D eigenvalue weighted by Gasteiger charge is 2.09. The summed E-state index contributed by atoms with van der Waals surface area (Å²) < 4.78 is 0. The normalized spacial score (nSPS) is 10.1. The van der Waals surface area contributed by atoms with Crippen LogP contribution < -0.4 is 16.2 Å². The van der Waals surface area contributed by atoms with E-state index in [1.807, 2.05) is 6.92 Å². The Morgan fingerprint density at radius 3 is 2.70 bits per heavy atom. The Bertz CT molecular complexity index is 617. The largest absolute Gasteiger partial charge is 0.369 e. The van der Waals surface area contributed by atoms with Crippen molar-refractivity contribution in [1.29, 1.82) is 0 Å². The van der Waals surface area contributed by atoms with E-state index in [4.69, 9.17) is 0 Å². The molecule has 8 heteroatoms. The lowest BCUT2D eigenvalue weighted by Crippen LogP contribution is -2.17. The zero-order valence-electron chi connectivity index (χ0n) is 10.9. The molecule has 0 atom stereocenters. The number of H-pyrrole nitrogens is 1. The summed E-state index contributed by atoms with van der Waals surface area (Å²) in [5.41, 5.74) is -0.172. The molecule has 0 fully saturated rings. The lowest BCUT2D eigenvalue weighted by molar-refractivity contribution is 0.102. The zero-order valence-corrected chi connectivity index (χ0v) is 10.9. The molecule has 0 radical (unpaired) electrons. The number of hydrogen-bond acceptors (Lipinski definition) is 6. The van der Waals surface area contributed by atoms with Gasteiger partial charge < -0.3 is 10.6 Å². The van der Waals surface area contributed by atoms with Crippen molar-refractivity contribution in [1.82, 2.24) is 20.2 Å². The summed E-state index contributed by atoms with van der Waals surface area (Å²) in [6.07, 6.45) is 3.84. The standard InChI is InChI=1S/C12H14N6O2/c1-2-5-13-10-7-14-8(6-15-10)12(20)16-9-3-4-11(19)18-17-9/h3-4,6-7H,2,5H2,1H3,(H,13,15)(H,18,19)(H,16,17,20). The smallest absolute Gasteiger partial charge is 0.277 e. The minimum absolute atomic E-state index is 0.167. The van der Waals surface area contributed by atoms with Gasteiger partial charge in [0.25, 0.3) is 11.5 Å². The highest BCUT2D eigenvalue weighted by atomic mass is 16.2. The molecule has 0 spiro atoms. The van der Waals surface area contributed by atoms with Crippen molar-refractivity contribution >= 4 is 17.5 Å². The Kier molecular flexibility index (Phi) is 4.38. The third-order valence-electron chi connectivity index (χ3n) is 2.36. The maximum Gasteiger partial charge on any atom is 0.277 e. The van der Waals surface area contributed by atoms with Crippen molar-refractivity contribution in [3.05, 3.63) is 40.6 Å². The quantitative estimate of drug-likeness (QED) is 0.737. The topological polar surface area (TPSA) is 113 Å². The SMILES string of the molecule is CCCNc1cnc(C(=O)Nc2ccc(=O)[nH]n2)cn1. The van der Waals surface area contributed by atoms with E-state index in [0.717, 1.165) is 13.0 Å². The highest BCUT2D eigenvalue weighted by Crippen LogP contribution is 2.04. The van der Waals surface area contributed by atoms with Gasteiger partial charge in [-0.3, -0.25) is 9.59 Å². The van der Waals surface area contributed by atoms with Crippen molar-refractivity contribution < 1.29 is 4.79 Å². The predicted molar refractivity (Wildman–Crippen MR) is 73.6 cm³/mol. The minimum atomic E-state index is -0.445. The van der Waals surface area contributed by atoms with Crippen LogP contribution in [0.2, 0.25) is 0 Å². The first-order chi connectivity index (χ1) is 9.69. The number of hydrogen-bond donors (Lipinski definition) is 3. The molecule has 0 bridgehead atoms. The molecule has 0 saturated heterocycles. The highest BCUT2D eigenvalue weighted by molar-refractivity contribution is 6.02. The molecule has 0 aliphatic rings. The summed E-state index contributed by atoms with van der Waals surface area (Å²) in [6.45, 7) is 2.83. The molecule has 2 rings (SSSR count). The Labute approximate surface area is 114 Å². The van der Waals surface area contributed by atoms with E-state index in [2.05, 4.69) is 30.8 Å². The Balaban J connectivity index is 2.01. The van der Waals surface area contributed by atoms with Crippen LogP contribution in [-0.4, -0.2) is 32.6 Å². The molecular weight excluding hydrogens is 260 g/mol. The molecule has 0 unspecified atom stereocenters. The van der Waals surface area contributed by atoms with Gasteiger partial charge in [-0.1, -0.05) is 6.92 Å². The van der Waals surface area contributed by atoms with Crippen LogP contribution in [0.4, 0.5) is 11.6 Å². The number of carbonyl (C=O) groups excluding carboxylic acids is 1. The second-order valence-electron chi connectivity index (χ2n) is 3.97. The predicted octanol–water partition coefficient (Wildman–Crippen LogP) is 0.634. The average molecular weight is 274 g/mol. The number of aromatic amines is 1. The molecule has 1 amide bonds. The lowest BCUT2D eigenvalue weighted by atomic mass is 10.4. The first-order valence-electron chi connectivity index (χ1n) is 6.12. The molecule has 0 aliphatic carbocycles. The van der Waals surface area contributed by atoms with Gasteiger partial charge in [-0.15, -0.1) is 0 Å². The molecule has 20 heavy (non-hydrogen) atoms. The van der Waals surface area contributed by atoms with Gasteiger partial charge in [0.15, 0.2) is 5.82 Å². The van der Waals surface area contributed by atoms with E-state index in [1.54, 1.807) is 0 Å². The van der Waals surface area contributed by atoms with Crippen molar-refractivity contribution in [2.24, 2.45) is 0 Å². The second kappa shape index (κ2) is 6.41. The zero-order chi connectivity index (χ0) is 14.4. The summed E-state index contributed by atoms with van der Waals surface area (Å²) in [6, 6.07) is 2.67. The van der Waals surface area contributed by atoms with Gasteiger partial charge in [-0.2, -0.15) is 5.10 Å². The Morgan fingerprint density at radius 2 is 2.10 bits per heavy atom. The summed E-state index contributed by atoms with van der Waals surface area (Å²) >= 11 is 0.